The van der Waals surface area contributed by atoms with Crippen molar-refractivity contribution >= 4 is 10.9 Å². The number of unbranched alkanes of at least 4 members (excludes halogenated alkanes) is 1. The molecule has 17 heavy (non-hydrogen) atoms. The van der Waals surface area contributed by atoms with Crippen LogP contribution in [0.3, 0.4) is 0 Å². The standard InChI is InChI=1S/C14H17NO2/c1-3-4-7-12-11-8-5-6-9-13(11)15(17)10(2)14(12)16/h5-6,8-9,16H,3-4,7H2,1-2H3. The molecular formula is C14H17NO2. The second kappa shape index (κ2) is 4.62. The van der Waals surface area contributed by atoms with Gasteiger partial charge >= 0.3 is 0 Å². The summed E-state index contributed by atoms with van der Waals surface area (Å²) in [6.07, 6.45) is 2.89. The smallest absolute Gasteiger partial charge is 0.232 e. The van der Waals surface area contributed by atoms with Gasteiger partial charge in [0.25, 0.3) is 0 Å². The van der Waals surface area contributed by atoms with Gasteiger partial charge in [0.1, 0.15) is 0 Å². The summed E-state index contributed by atoms with van der Waals surface area (Å²) in [5.74, 6) is 0.146. The molecule has 0 spiro atoms. The van der Waals surface area contributed by atoms with Crippen LogP contribution in [0.4, 0.5) is 0 Å². The van der Waals surface area contributed by atoms with Crippen LogP contribution < -0.4 is 4.73 Å². The molecule has 2 rings (SSSR count). The van der Waals surface area contributed by atoms with E-state index in [4.69, 9.17) is 0 Å². The molecule has 3 nitrogen and oxygen atoms in total. The van der Waals surface area contributed by atoms with Gasteiger partial charge in [-0.1, -0.05) is 25.5 Å². The lowest BCUT2D eigenvalue weighted by Gasteiger charge is -2.12. The molecule has 0 bridgehead atoms. The lowest BCUT2D eigenvalue weighted by molar-refractivity contribution is -0.584. The maximum absolute atomic E-state index is 11.9. The molecule has 1 N–H and O–H groups in total. The number of pyridine rings is 1. The SMILES string of the molecule is CCCCc1c(O)c(C)[n+]([O-])c2ccccc12. The molecule has 1 aromatic carbocycles. The first-order chi connectivity index (χ1) is 8.16. The van der Waals surface area contributed by atoms with E-state index in [1.165, 1.54) is 0 Å². The molecule has 0 atom stereocenters. The fraction of sp³-hybridized carbons (Fsp3) is 0.357. The Labute approximate surface area is 101 Å². The quantitative estimate of drug-likeness (QED) is 0.652. The van der Waals surface area contributed by atoms with Crippen LogP contribution in [-0.2, 0) is 6.42 Å². The van der Waals surface area contributed by atoms with Crippen molar-refractivity contribution < 1.29 is 9.84 Å². The highest BCUT2D eigenvalue weighted by atomic mass is 16.5. The van der Waals surface area contributed by atoms with Gasteiger partial charge in [-0.25, -0.2) is 0 Å². The van der Waals surface area contributed by atoms with Crippen molar-refractivity contribution in [3.05, 3.63) is 40.7 Å². The Morgan fingerprint density at radius 2 is 2.00 bits per heavy atom. The molecule has 3 heteroatoms. The van der Waals surface area contributed by atoms with E-state index in [0.29, 0.717) is 11.2 Å². The zero-order chi connectivity index (χ0) is 12.4. The monoisotopic (exact) mass is 231 g/mol. The number of para-hydroxylation sites is 1. The molecule has 0 unspecified atom stereocenters. The normalized spacial score (nSPS) is 10.9. The molecule has 0 fully saturated rings. The number of rotatable bonds is 3. The second-order valence-corrected chi connectivity index (χ2v) is 4.33. The highest BCUT2D eigenvalue weighted by Crippen LogP contribution is 2.28. The first-order valence-electron chi connectivity index (χ1n) is 5.99. The third kappa shape index (κ3) is 1.93. The van der Waals surface area contributed by atoms with Crippen LogP contribution in [0.15, 0.2) is 24.3 Å². The van der Waals surface area contributed by atoms with Gasteiger partial charge in [0.05, 0.1) is 5.39 Å². The van der Waals surface area contributed by atoms with E-state index in [1.54, 1.807) is 13.0 Å². The number of aromatic nitrogens is 1. The minimum atomic E-state index is 0.146. The number of hydrogen-bond donors (Lipinski definition) is 1. The average Bonchev–Trinajstić information content (AvgIpc) is 2.36. The van der Waals surface area contributed by atoms with E-state index in [1.807, 2.05) is 18.2 Å². The van der Waals surface area contributed by atoms with E-state index >= 15 is 0 Å². The highest BCUT2D eigenvalue weighted by Gasteiger charge is 2.18. The Morgan fingerprint density at radius 3 is 2.71 bits per heavy atom. The topological polar surface area (TPSA) is 47.2 Å². The molecule has 1 aromatic heterocycles. The highest BCUT2D eigenvalue weighted by molar-refractivity contribution is 5.81. The maximum Gasteiger partial charge on any atom is 0.232 e. The zero-order valence-corrected chi connectivity index (χ0v) is 10.2. The third-order valence-electron chi connectivity index (χ3n) is 3.16. The van der Waals surface area contributed by atoms with Crippen LogP contribution in [-0.4, -0.2) is 5.11 Å². The van der Waals surface area contributed by atoms with Crippen LogP contribution >= 0.6 is 0 Å². The van der Waals surface area contributed by atoms with Crippen LogP contribution in [0, 0.1) is 12.1 Å². The Hall–Kier alpha value is -1.77. The molecule has 0 aliphatic carbocycles. The van der Waals surface area contributed by atoms with E-state index in [2.05, 4.69) is 6.92 Å². The van der Waals surface area contributed by atoms with Crippen LogP contribution in [0.5, 0.6) is 5.75 Å². The van der Waals surface area contributed by atoms with E-state index < -0.39 is 0 Å². The molecular weight excluding hydrogens is 214 g/mol. The van der Waals surface area contributed by atoms with Crippen molar-refractivity contribution in [1.29, 1.82) is 0 Å². The summed E-state index contributed by atoms with van der Waals surface area (Å²) >= 11 is 0. The summed E-state index contributed by atoms with van der Waals surface area (Å²) in [7, 11) is 0. The Kier molecular flexibility index (Phi) is 3.18. The molecule has 0 amide bonds. The second-order valence-electron chi connectivity index (χ2n) is 4.33. The number of aromatic hydroxyl groups is 1. The molecule has 1 heterocycles. The molecule has 0 saturated heterocycles. The average molecular weight is 231 g/mol. The predicted octanol–water partition coefficient (Wildman–Crippen LogP) is 2.83. The Bertz CT molecular complexity index is 549. The van der Waals surface area contributed by atoms with E-state index in [-0.39, 0.29) is 5.75 Å². The van der Waals surface area contributed by atoms with Gasteiger partial charge in [0.2, 0.25) is 11.2 Å². The number of benzene rings is 1. The fourth-order valence-electron chi connectivity index (χ4n) is 2.14. The number of fused-ring (bicyclic) bond motifs is 1. The van der Waals surface area contributed by atoms with Crippen molar-refractivity contribution in [1.82, 2.24) is 0 Å². The minimum Gasteiger partial charge on any atom is -0.618 e. The van der Waals surface area contributed by atoms with Gasteiger partial charge < -0.3 is 10.3 Å². The molecule has 2 aromatic rings. The summed E-state index contributed by atoms with van der Waals surface area (Å²) in [5, 5.41) is 22.9. The summed E-state index contributed by atoms with van der Waals surface area (Å²) < 4.78 is 0.806. The van der Waals surface area contributed by atoms with Crippen molar-refractivity contribution in [3.63, 3.8) is 0 Å². The number of hydrogen-bond acceptors (Lipinski definition) is 2. The van der Waals surface area contributed by atoms with E-state index in [0.717, 1.165) is 34.9 Å². The van der Waals surface area contributed by atoms with Crippen molar-refractivity contribution in [2.45, 2.75) is 33.1 Å². The van der Waals surface area contributed by atoms with Crippen molar-refractivity contribution in [3.8, 4) is 5.75 Å². The zero-order valence-electron chi connectivity index (χ0n) is 10.2. The Morgan fingerprint density at radius 1 is 1.29 bits per heavy atom. The molecule has 0 aliphatic heterocycles. The van der Waals surface area contributed by atoms with Gasteiger partial charge in [-0.15, -0.1) is 0 Å². The summed E-state index contributed by atoms with van der Waals surface area (Å²) in [5.41, 5.74) is 1.91. The molecule has 90 valence electrons. The molecule has 0 aliphatic rings. The van der Waals surface area contributed by atoms with Gasteiger partial charge in [0, 0.05) is 18.6 Å². The lowest BCUT2D eigenvalue weighted by atomic mass is 10.0. The van der Waals surface area contributed by atoms with Crippen LogP contribution in [0.2, 0.25) is 0 Å². The summed E-state index contributed by atoms with van der Waals surface area (Å²) in [6.45, 7) is 3.77. The van der Waals surface area contributed by atoms with Gasteiger partial charge in [-0.3, -0.25) is 0 Å². The third-order valence-corrected chi connectivity index (χ3v) is 3.16. The van der Waals surface area contributed by atoms with Gasteiger partial charge in [0.15, 0.2) is 5.75 Å². The van der Waals surface area contributed by atoms with Crippen LogP contribution in [0.25, 0.3) is 10.9 Å². The van der Waals surface area contributed by atoms with Crippen LogP contribution in [0.1, 0.15) is 31.0 Å². The lowest BCUT2D eigenvalue weighted by Crippen LogP contribution is -2.31. The van der Waals surface area contributed by atoms with Crippen molar-refractivity contribution in [2.24, 2.45) is 0 Å². The Balaban J connectivity index is 2.71. The van der Waals surface area contributed by atoms with Gasteiger partial charge in [-0.2, -0.15) is 4.73 Å². The largest absolute Gasteiger partial charge is 0.618 e. The van der Waals surface area contributed by atoms with Crippen molar-refractivity contribution in [2.75, 3.05) is 0 Å². The van der Waals surface area contributed by atoms with E-state index in [9.17, 15) is 10.3 Å². The van der Waals surface area contributed by atoms with Gasteiger partial charge in [-0.05, 0) is 18.9 Å². The molecule has 0 radical (unpaired) electrons. The minimum absolute atomic E-state index is 0.146. The fourth-order valence-corrected chi connectivity index (χ4v) is 2.14. The summed E-state index contributed by atoms with van der Waals surface area (Å²) in [4.78, 5) is 0. The first-order valence-corrected chi connectivity index (χ1v) is 5.99. The number of nitrogens with zero attached hydrogens (tertiary/aromatic N) is 1. The first kappa shape index (κ1) is 11.7. The summed E-state index contributed by atoms with van der Waals surface area (Å²) in [6, 6.07) is 7.43. The predicted molar refractivity (Wildman–Crippen MR) is 67.9 cm³/mol. The maximum atomic E-state index is 11.9. The molecule has 0 saturated carbocycles. The number of aryl methyl sites for hydroxylation is 1.